The van der Waals surface area contributed by atoms with Gasteiger partial charge in [0.15, 0.2) is 11.2 Å². The van der Waals surface area contributed by atoms with Crippen LogP contribution in [0.5, 0.6) is 0 Å². The standard InChI is InChI=1S/C47H34N4O2/c1-47(2)37-14-6-9-17-41(37)51(42-29-22-32(30-38(42)47)46-49-40-16-8-11-19-44(40)53-46)36-27-25-35(26-28-36)50(33-12-4-3-5-13-33)34-23-20-31(21-24-34)45-48-39-15-7-10-18-43(39)52-45/h3-30H,1-2H3. The Morgan fingerprint density at radius 1 is 0.472 bits per heavy atom. The van der Waals surface area contributed by atoms with Crippen LogP contribution in [0.2, 0.25) is 0 Å². The molecule has 2 aromatic heterocycles. The molecule has 0 unspecified atom stereocenters. The van der Waals surface area contributed by atoms with Gasteiger partial charge in [-0.2, -0.15) is 0 Å². The van der Waals surface area contributed by atoms with Crippen LogP contribution in [-0.4, -0.2) is 9.97 Å². The monoisotopic (exact) mass is 686 g/mol. The van der Waals surface area contributed by atoms with Crippen LogP contribution in [0.25, 0.3) is 45.1 Å². The van der Waals surface area contributed by atoms with Crippen LogP contribution in [-0.2, 0) is 5.41 Å². The molecule has 0 radical (unpaired) electrons. The van der Waals surface area contributed by atoms with E-state index in [1.165, 1.54) is 16.8 Å². The van der Waals surface area contributed by atoms with E-state index in [4.69, 9.17) is 18.8 Å². The molecule has 0 saturated heterocycles. The predicted molar refractivity (Wildman–Crippen MR) is 214 cm³/mol. The Hall–Kier alpha value is -6.92. The highest BCUT2D eigenvalue weighted by atomic mass is 16.4. The van der Waals surface area contributed by atoms with Gasteiger partial charge in [-0.3, -0.25) is 0 Å². The van der Waals surface area contributed by atoms with Gasteiger partial charge < -0.3 is 18.6 Å². The molecular formula is C47H34N4O2. The summed E-state index contributed by atoms with van der Waals surface area (Å²) in [7, 11) is 0. The van der Waals surface area contributed by atoms with Gasteiger partial charge >= 0.3 is 0 Å². The zero-order chi connectivity index (χ0) is 35.5. The van der Waals surface area contributed by atoms with E-state index in [1.807, 2.05) is 54.6 Å². The quantitative estimate of drug-likeness (QED) is 0.174. The molecule has 9 aromatic rings. The Bertz CT molecular complexity index is 2700. The van der Waals surface area contributed by atoms with Crippen molar-refractivity contribution in [3.63, 3.8) is 0 Å². The van der Waals surface area contributed by atoms with Gasteiger partial charge in [-0.1, -0.05) is 74.5 Å². The van der Waals surface area contributed by atoms with Crippen molar-refractivity contribution in [2.75, 3.05) is 9.80 Å². The lowest BCUT2D eigenvalue weighted by Gasteiger charge is -2.42. The van der Waals surface area contributed by atoms with E-state index in [9.17, 15) is 0 Å². The number of hydrogen-bond donors (Lipinski definition) is 0. The van der Waals surface area contributed by atoms with Crippen LogP contribution < -0.4 is 9.80 Å². The summed E-state index contributed by atoms with van der Waals surface area (Å²) in [4.78, 5) is 14.2. The zero-order valence-corrected chi connectivity index (χ0v) is 29.3. The van der Waals surface area contributed by atoms with Gasteiger partial charge in [-0.05, 0) is 120 Å². The fourth-order valence-electron chi connectivity index (χ4n) is 7.63. The summed E-state index contributed by atoms with van der Waals surface area (Å²) in [6.07, 6.45) is 0. The molecule has 6 heteroatoms. The highest BCUT2D eigenvalue weighted by Gasteiger charge is 2.37. The SMILES string of the molecule is CC1(C)c2ccccc2N(c2ccc(N(c3ccccc3)c3ccc(-c4nc5ccccc5o4)cc3)cc2)c2ccc(-c3nc4ccccc4o3)cc21. The number of fused-ring (bicyclic) bond motifs is 4. The van der Waals surface area contributed by atoms with Crippen molar-refractivity contribution in [2.45, 2.75) is 19.3 Å². The number of anilines is 6. The number of para-hydroxylation sites is 6. The van der Waals surface area contributed by atoms with Crippen LogP contribution in [0.1, 0.15) is 25.0 Å². The van der Waals surface area contributed by atoms with Crippen LogP contribution in [0, 0.1) is 0 Å². The molecule has 0 amide bonds. The Labute approximate surface area is 307 Å². The van der Waals surface area contributed by atoms with Crippen molar-refractivity contribution >= 4 is 56.3 Å². The van der Waals surface area contributed by atoms with E-state index >= 15 is 0 Å². The second kappa shape index (κ2) is 12.1. The van der Waals surface area contributed by atoms with Gasteiger partial charge in [0.05, 0.1) is 11.4 Å². The molecule has 53 heavy (non-hydrogen) atoms. The Kier molecular flexibility index (Phi) is 7.05. The number of aromatic nitrogens is 2. The van der Waals surface area contributed by atoms with Gasteiger partial charge in [-0.25, -0.2) is 9.97 Å². The van der Waals surface area contributed by atoms with Crippen molar-refractivity contribution in [3.8, 4) is 22.9 Å². The third-order valence-corrected chi connectivity index (χ3v) is 10.3. The van der Waals surface area contributed by atoms with Crippen LogP contribution in [0.4, 0.5) is 34.1 Å². The third-order valence-electron chi connectivity index (χ3n) is 10.3. The van der Waals surface area contributed by atoms with Crippen molar-refractivity contribution in [2.24, 2.45) is 0 Å². The molecule has 0 spiro atoms. The molecule has 0 bridgehead atoms. The zero-order valence-electron chi connectivity index (χ0n) is 29.3. The summed E-state index contributed by atoms with van der Waals surface area (Å²) in [6, 6.07) is 58.7. The molecule has 1 aliphatic heterocycles. The van der Waals surface area contributed by atoms with Gasteiger partial charge in [0.25, 0.3) is 0 Å². The van der Waals surface area contributed by atoms with E-state index in [0.29, 0.717) is 11.8 Å². The first-order valence-corrected chi connectivity index (χ1v) is 17.8. The summed E-state index contributed by atoms with van der Waals surface area (Å²) in [6.45, 7) is 4.60. The van der Waals surface area contributed by atoms with E-state index in [-0.39, 0.29) is 5.41 Å². The fourth-order valence-corrected chi connectivity index (χ4v) is 7.63. The third kappa shape index (κ3) is 5.18. The molecule has 254 valence electrons. The maximum absolute atomic E-state index is 6.21. The second-order valence-electron chi connectivity index (χ2n) is 13.9. The molecule has 0 atom stereocenters. The van der Waals surface area contributed by atoms with Crippen LogP contribution in [0.3, 0.4) is 0 Å². The van der Waals surface area contributed by atoms with Gasteiger partial charge in [0.1, 0.15) is 11.0 Å². The minimum Gasteiger partial charge on any atom is -0.436 e. The number of benzene rings is 7. The first-order chi connectivity index (χ1) is 26.0. The summed E-state index contributed by atoms with van der Waals surface area (Å²) < 4.78 is 12.3. The Morgan fingerprint density at radius 2 is 0.981 bits per heavy atom. The second-order valence-corrected chi connectivity index (χ2v) is 13.9. The average molecular weight is 687 g/mol. The summed E-state index contributed by atoms with van der Waals surface area (Å²) >= 11 is 0. The molecule has 10 rings (SSSR count). The lowest BCUT2D eigenvalue weighted by atomic mass is 9.73. The van der Waals surface area contributed by atoms with E-state index in [1.54, 1.807) is 0 Å². The Balaban J connectivity index is 1.04. The van der Waals surface area contributed by atoms with Crippen molar-refractivity contribution in [1.29, 1.82) is 0 Å². The summed E-state index contributed by atoms with van der Waals surface area (Å²) in [5, 5.41) is 0. The highest BCUT2D eigenvalue weighted by molar-refractivity contribution is 5.89. The predicted octanol–water partition coefficient (Wildman–Crippen LogP) is 12.9. The molecular weight excluding hydrogens is 653 g/mol. The van der Waals surface area contributed by atoms with E-state index in [2.05, 4.69) is 139 Å². The molecule has 0 aliphatic carbocycles. The summed E-state index contributed by atoms with van der Waals surface area (Å²) in [5.41, 5.74) is 13.9. The maximum Gasteiger partial charge on any atom is 0.227 e. The minimum atomic E-state index is -0.251. The average Bonchev–Trinajstić information content (AvgIpc) is 3.85. The normalized spacial score (nSPS) is 13.2. The first kappa shape index (κ1) is 30.9. The number of hydrogen-bond acceptors (Lipinski definition) is 6. The van der Waals surface area contributed by atoms with Crippen molar-refractivity contribution in [3.05, 3.63) is 181 Å². The number of nitrogens with zero attached hydrogens (tertiary/aromatic N) is 4. The fraction of sp³-hybridized carbons (Fsp3) is 0.0638. The van der Waals surface area contributed by atoms with Gasteiger partial charge in [-0.15, -0.1) is 0 Å². The van der Waals surface area contributed by atoms with E-state index < -0.39 is 0 Å². The first-order valence-electron chi connectivity index (χ1n) is 17.8. The van der Waals surface area contributed by atoms with Crippen molar-refractivity contribution < 1.29 is 8.83 Å². The molecule has 0 saturated carbocycles. The van der Waals surface area contributed by atoms with Crippen LogP contribution in [0.15, 0.2) is 179 Å². The molecule has 3 heterocycles. The molecule has 7 aromatic carbocycles. The highest BCUT2D eigenvalue weighted by Crippen LogP contribution is 2.53. The molecule has 0 fully saturated rings. The lowest BCUT2D eigenvalue weighted by molar-refractivity contribution is 0.615. The van der Waals surface area contributed by atoms with Gasteiger partial charge in [0, 0.05) is 39.3 Å². The topological polar surface area (TPSA) is 58.5 Å². The van der Waals surface area contributed by atoms with Crippen molar-refractivity contribution in [1.82, 2.24) is 9.97 Å². The molecule has 0 N–H and O–H groups in total. The van der Waals surface area contributed by atoms with E-state index in [0.717, 1.165) is 61.8 Å². The lowest BCUT2D eigenvalue weighted by Crippen LogP contribution is -2.30. The minimum absolute atomic E-state index is 0.251. The smallest absolute Gasteiger partial charge is 0.227 e. The van der Waals surface area contributed by atoms with Gasteiger partial charge in [0.2, 0.25) is 11.8 Å². The largest absolute Gasteiger partial charge is 0.436 e. The molecule has 1 aliphatic rings. The maximum atomic E-state index is 6.21. The Morgan fingerprint density at radius 3 is 1.64 bits per heavy atom. The molecule has 6 nitrogen and oxygen atoms in total. The summed E-state index contributed by atoms with van der Waals surface area (Å²) in [5.74, 6) is 1.24. The number of oxazole rings is 2. The number of rotatable bonds is 6. The van der Waals surface area contributed by atoms with Crippen LogP contribution >= 0.6 is 0 Å².